The largest absolute Gasteiger partial charge is 0.349 e. The molecule has 0 bridgehead atoms. The number of hydrogen-bond donors (Lipinski definition) is 1. The third-order valence-electron chi connectivity index (χ3n) is 4.91. The van der Waals surface area contributed by atoms with E-state index in [4.69, 9.17) is 0 Å². The minimum Gasteiger partial charge on any atom is -0.349 e. The highest BCUT2D eigenvalue weighted by Gasteiger charge is 2.17. The SMILES string of the molecule is CC(c1ccccc1)c1ccc(C(=O)NC2CCCCC2)cc1. The van der Waals surface area contributed by atoms with Crippen LogP contribution in [-0.2, 0) is 0 Å². The molecule has 0 spiro atoms. The number of hydrogen-bond acceptors (Lipinski definition) is 1. The summed E-state index contributed by atoms with van der Waals surface area (Å²) in [5.74, 6) is 0.405. The fraction of sp³-hybridized carbons (Fsp3) is 0.381. The molecule has 2 aromatic carbocycles. The van der Waals surface area contributed by atoms with Crippen LogP contribution in [0.3, 0.4) is 0 Å². The molecule has 2 aromatic rings. The van der Waals surface area contributed by atoms with Gasteiger partial charge in [-0.3, -0.25) is 4.79 Å². The highest BCUT2D eigenvalue weighted by Crippen LogP contribution is 2.24. The first-order valence-corrected chi connectivity index (χ1v) is 8.70. The van der Waals surface area contributed by atoms with Crippen LogP contribution in [0.25, 0.3) is 0 Å². The van der Waals surface area contributed by atoms with Crippen LogP contribution in [-0.4, -0.2) is 11.9 Å². The van der Waals surface area contributed by atoms with Gasteiger partial charge in [0, 0.05) is 17.5 Å². The van der Waals surface area contributed by atoms with E-state index in [2.05, 4.69) is 48.6 Å². The Morgan fingerprint density at radius 3 is 2.17 bits per heavy atom. The van der Waals surface area contributed by atoms with Crippen LogP contribution in [0.5, 0.6) is 0 Å². The first-order chi connectivity index (χ1) is 11.2. The van der Waals surface area contributed by atoms with Gasteiger partial charge < -0.3 is 5.32 Å². The highest BCUT2D eigenvalue weighted by atomic mass is 16.1. The van der Waals surface area contributed by atoms with Crippen molar-refractivity contribution in [3.05, 3.63) is 71.3 Å². The molecule has 23 heavy (non-hydrogen) atoms. The summed E-state index contributed by atoms with van der Waals surface area (Å²) in [7, 11) is 0. The fourth-order valence-corrected chi connectivity index (χ4v) is 3.37. The average molecular weight is 307 g/mol. The molecule has 1 unspecified atom stereocenters. The summed E-state index contributed by atoms with van der Waals surface area (Å²) >= 11 is 0. The van der Waals surface area contributed by atoms with Gasteiger partial charge in [0.2, 0.25) is 0 Å². The first-order valence-electron chi connectivity index (χ1n) is 8.70. The van der Waals surface area contributed by atoms with Gasteiger partial charge in [-0.25, -0.2) is 0 Å². The molecule has 0 aliphatic heterocycles. The Bertz CT molecular complexity index is 627. The van der Waals surface area contributed by atoms with Gasteiger partial charge in [0.15, 0.2) is 0 Å². The quantitative estimate of drug-likeness (QED) is 0.855. The van der Waals surface area contributed by atoms with Gasteiger partial charge in [0.05, 0.1) is 0 Å². The van der Waals surface area contributed by atoms with Gasteiger partial charge in [-0.15, -0.1) is 0 Å². The van der Waals surface area contributed by atoms with E-state index in [1.807, 2.05) is 18.2 Å². The molecule has 1 amide bonds. The van der Waals surface area contributed by atoms with Crippen molar-refractivity contribution in [2.75, 3.05) is 0 Å². The summed E-state index contributed by atoms with van der Waals surface area (Å²) in [5.41, 5.74) is 3.30. The third kappa shape index (κ3) is 4.01. The van der Waals surface area contributed by atoms with Crippen molar-refractivity contribution < 1.29 is 4.79 Å². The second-order valence-electron chi connectivity index (χ2n) is 6.56. The molecule has 0 aromatic heterocycles. The lowest BCUT2D eigenvalue weighted by Gasteiger charge is -2.22. The van der Waals surface area contributed by atoms with Crippen molar-refractivity contribution in [3.63, 3.8) is 0 Å². The molecular weight excluding hydrogens is 282 g/mol. The van der Waals surface area contributed by atoms with Crippen molar-refractivity contribution in [2.45, 2.75) is 51.0 Å². The van der Waals surface area contributed by atoms with Gasteiger partial charge in [0.1, 0.15) is 0 Å². The molecule has 2 nitrogen and oxygen atoms in total. The van der Waals surface area contributed by atoms with Crippen molar-refractivity contribution in [2.24, 2.45) is 0 Å². The van der Waals surface area contributed by atoms with Gasteiger partial charge in [-0.05, 0) is 36.1 Å². The molecule has 120 valence electrons. The molecule has 0 saturated heterocycles. The Labute approximate surface area is 138 Å². The van der Waals surface area contributed by atoms with Crippen LogP contribution in [0.2, 0.25) is 0 Å². The normalized spacial score (nSPS) is 16.7. The summed E-state index contributed by atoms with van der Waals surface area (Å²) in [6, 6.07) is 18.9. The van der Waals surface area contributed by atoms with Crippen molar-refractivity contribution in [1.82, 2.24) is 5.32 Å². The zero-order valence-electron chi connectivity index (χ0n) is 13.8. The topological polar surface area (TPSA) is 29.1 Å². The Morgan fingerprint density at radius 2 is 1.52 bits per heavy atom. The summed E-state index contributed by atoms with van der Waals surface area (Å²) in [5, 5.41) is 3.18. The highest BCUT2D eigenvalue weighted by molar-refractivity contribution is 5.94. The van der Waals surface area contributed by atoms with Crippen LogP contribution in [0.4, 0.5) is 0 Å². The zero-order valence-corrected chi connectivity index (χ0v) is 13.8. The maximum Gasteiger partial charge on any atom is 0.251 e. The molecule has 1 aliphatic carbocycles. The molecule has 1 aliphatic rings. The third-order valence-corrected chi connectivity index (χ3v) is 4.91. The number of rotatable bonds is 4. The Balaban J connectivity index is 1.65. The van der Waals surface area contributed by atoms with E-state index >= 15 is 0 Å². The van der Waals surface area contributed by atoms with Crippen LogP contribution >= 0.6 is 0 Å². The van der Waals surface area contributed by atoms with Gasteiger partial charge in [-0.2, -0.15) is 0 Å². The smallest absolute Gasteiger partial charge is 0.251 e. The van der Waals surface area contributed by atoms with E-state index in [-0.39, 0.29) is 5.91 Å². The molecule has 1 N–H and O–H groups in total. The Morgan fingerprint density at radius 1 is 0.913 bits per heavy atom. The summed E-state index contributed by atoms with van der Waals surface area (Å²) in [4.78, 5) is 12.4. The van der Waals surface area contributed by atoms with E-state index in [9.17, 15) is 4.79 Å². The van der Waals surface area contributed by atoms with E-state index in [0.717, 1.165) is 18.4 Å². The van der Waals surface area contributed by atoms with E-state index in [0.29, 0.717) is 12.0 Å². The monoisotopic (exact) mass is 307 g/mol. The second kappa shape index (κ2) is 7.45. The predicted molar refractivity (Wildman–Crippen MR) is 94.7 cm³/mol. The Kier molecular flexibility index (Phi) is 5.12. The number of amides is 1. The number of benzene rings is 2. The van der Waals surface area contributed by atoms with Crippen LogP contribution < -0.4 is 5.32 Å². The molecule has 0 radical (unpaired) electrons. The summed E-state index contributed by atoms with van der Waals surface area (Å²) in [6.07, 6.45) is 6.01. The lowest BCUT2D eigenvalue weighted by Crippen LogP contribution is -2.36. The van der Waals surface area contributed by atoms with Gasteiger partial charge in [-0.1, -0.05) is 68.7 Å². The predicted octanol–water partition coefficient (Wildman–Crippen LogP) is 4.90. The van der Waals surface area contributed by atoms with Crippen molar-refractivity contribution in [1.29, 1.82) is 0 Å². The van der Waals surface area contributed by atoms with Crippen LogP contribution in [0.15, 0.2) is 54.6 Å². The molecule has 1 fully saturated rings. The zero-order chi connectivity index (χ0) is 16.1. The second-order valence-corrected chi connectivity index (χ2v) is 6.56. The van der Waals surface area contributed by atoms with Gasteiger partial charge >= 0.3 is 0 Å². The number of nitrogens with one attached hydrogen (secondary N) is 1. The molecular formula is C21H25NO. The summed E-state index contributed by atoms with van der Waals surface area (Å²) < 4.78 is 0. The standard InChI is InChI=1S/C21H25NO/c1-16(17-8-4-2-5-9-17)18-12-14-19(15-13-18)21(23)22-20-10-6-3-7-11-20/h2,4-5,8-9,12-16,20H,3,6-7,10-11H2,1H3,(H,22,23). The van der Waals surface area contributed by atoms with E-state index in [1.54, 1.807) is 0 Å². The van der Waals surface area contributed by atoms with Crippen LogP contribution in [0, 0.1) is 0 Å². The lowest BCUT2D eigenvalue weighted by atomic mass is 9.92. The maximum absolute atomic E-state index is 12.4. The minimum atomic E-state index is 0.0656. The molecule has 0 heterocycles. The average Bonchev–Trinajstić information content (AvgIpc) is 2.63. The lowest BCUT2D eigenvalue weighted by molar-refractivity contribution is 0.0927. The Hall–Kier alpha value is -2.09. The number of carbonyl (C=O) groups excluding carboxylic acids is 1. The van der Waals surface area contributed by atoms with Crippen molar-refractivity contribution in [3.8, 4) is 0 Å². The first kappa shape index (κ1) is 15.8. The van der Waals surface area contributed by atoms with Gasteiger partial charge in [0.25, 0.3) is 5.91 Å². The minimum absolute atomic E-state index is 0.0656. The number of carbonyl (C=O) groups is 1. The van der Waals surface area contributed by atoms with E-state index < -0.39 is 0 Å². The molecule has 2 heteroatoms. The molecule has 1 saturated carbocycles. The maximum atomic E-state index is 12.4. The van der Waals surface area contributed by atoms with Crippen molar-refractivity contribution >= 4 is 5.91 Å². The summed E-state index contributed by atoms with van der Waals surface area (Å²) in [6.45, 7) is 2.20. The van der Waals surface area contributed by atoms with Crippen LogP contribution in [0.1, 0.15) is 66.4 Å². The molecule has 3 rings (SSSR count). The fourth-order valence-electron chi connectivity index (χ4n) is 3.37. The molecule has 1 atom stereocenters. The van der Waals surface area contributed by atoms with E-state index in [1.165, 1.54) is 30.4 Å².